The molecule has 6 N–H and O–H groups in total. The predicted octanol–water partition coefficient (Wildman–Crippen LogP) is 1.58. The highest BCUT2D eigenvalue weighted by Crippen LogP contribution is 2.08. The number of benzene rings is 1. The zero-order chi connectivity index (χ0) is 30.0. The van der Waals surface area contributed by atoms with Gasteiger partial charge in [0.1, 0.15) is 12.1 Å². The van der Waals surface area contributed by atoms with Gasteiger partial charge in [-0.15, -0.1) is 0 Å². The lowest BCUT2D eigenvalue weighted by Crippen LogP contribution is -2.58. The van der Waals surface area contributed by atoms with Crippen molar-refractivity contribution in [1.29, 1.82) is 0 Å². The second-order valence-electron chi connectivity index (χ2n) is 10.3. The highest BCUT2D eigenvalue weighted by atomic mass is 16.3. The fourth-order valence-corrected chi connectivity index (χ4v) is 4.25. The number of aliphatic hydroxyl groups excluding tert-OH is 2. The molecule has 0 saturated carbocycles. The maximum absolute atomic E-state index is 13.0. The van der Waals surface area contributed by atoms with E-state index in [2.05, 4.69) is 33.4 Å². The van der Waals surface area contributed by atoms with Gasteiger partial charge in [-0.2, -0.15) is 0 Å². The number of rotatable bonds is 12. The van der Waals surface area contributed by atoms with Crippen molar-refractivity contribution in [2.24, 2.45) is 0 Å². The number of hydrogen-bond donors (Lipinski definition) is 6. The van der Waals surface area contributed by atoms with Gasteiger partial charge in [-0.3, -0.25) is 19.2 Å². The van der Waals surface area contributed by atoms with Gasteiger partial charge >= 0.3 is 0 Å². The molecule has 0 aromatic heterocycles. The average Bonchev–Trinajstić information content (AvgIpc) is 2.93. The summed E-state index contributed by atoms with van der Waals surface area (Å²) in [6.07, 6.45) is 12.4. The van der Waals surface area contributed by atoms with E-state index in [-0.39, 0.29) is 25.3 Å². The molecule has 0 unspecified atom stereocenters. The summed E-state index contributed by atoms with van der Waals surface area (Å²) in [5.74, 6) is -2.23. The van der Waals surface area contributed by atoms with E-state index in [1.807, 2.05) is 24.3 Å². The van der Waals surface area contributed by atoms with Crippen molar-refractivity contribution >= 4 is 23.6 Å². The van der Waals surface area contributed by atoms with Gasteiger partial charge in [-0.25, -0.2) is 0 Å². The molecule has 1 aliphatic heterocycles. The van der Waals surface area contributed by atoms with Crippen molar-refractivity contribution in [2.75, 3.05) is 6.54 Å². The summed E-state index contributed by atoms with van der Waals surface area (Å²) in [7, 11) is 0. The molecule has 5 atom stereocenters. The second-order valence-corrected chi connectivity index (χ2v) is 10.3. The lowest BCUT2D eigenvalue weighted by atomic mass is 10.0. The number of nitrogens with one attached hydrogen (secondary N) is 4. The molecule has 4 amide bonds. The fraction of sp³-hybridized carbons (Fsp3) is 0.484. The van der Waals surface area contributed by atoms with Crippen LogP contribution in [0, 0.1) is 0 Å². The van der Waals surface area contributed by atoms with Gasteiger partial charge in [-0.05, 0) is 51.5 Å². The summed E-state index contributed by atoms with van der Waals surface area (Å²) in [5, 5.41) is 30.8. The van der Waals surface area contributed by atoms with Gasteiger partial charge in [0, 0.05) is 31.2 Å². The molecule has 10 nitrogen and oxygen atoms in total. The largest absolute Gasteiger partial charge is 0.393 e. The van der Waals surface area contributed by atoms with Crippen LogP contribution in [-0.4, -0.2) is 70.7 Å². The van der Waals surface area contributed by atoms with Crippen LogP contribution in [0.5, 0.6) is 0 Å². The molecule has 1 aliphatic rings. The van der Waals surface area contributed by atoms with Gasteiger partial charge in [-0.1, -0.05) is 61.1 Å². The van der Waals surface area contributed by atoms with E-state index in [4.69, 9.17) is 0 Å². The number of amides is 4. The molecule has 2 rings (SSSR count). The summed E-state index contributed by atoms with van der Waals surface area (Å²) in [5.41, 5.74) is 1.34. The molecule has 0 saturated heterocycles. The van der Waals surface area contributed by atoms with Crippen molar-refractivity contribution in [3.8, 4) is 0 Å². The Kier molecular flexibility index (Phi) is 15.1. The maximum Gasteiger partial charge on any atom is 0.245 e. The summed E-state index contributed by atoms with van der Waals surface area (Å²) < 4.78 is 0. The molecule has 1 heterocycles. The van der Waals surface area contributed by atoms with Crippen molar-refractivity contribution in [3.05, 3.63) is 72.4 Å². The predicted molar refractivity (Wildman–Crippen MR) is 157 cm³/mol. The first-order valence-corrected chi connectivity index (χ1v) is 14.3. The third-order valence-electron chi connectivity index (χ3n) is 6.56. The lowest BCUT2D eigenvalue weighted by molar-refractivity contribution is -0.134. The fourth-order valence-electron chi connectivity index (χ4n) is 4.25. The number of hydrogen-bond acceptors (Lipinski definition) is 6. The molecule has 1 aromatic rings. The van der Waals surface area contributed by atoms with Gasteiger partial charge in [0.2, 0.25) is 23.6 Å². The maximum atomic E-state index is 13.0. The minimum Gasteiger partial charge on any atom is -0.393 e. The smallest absolute Gasteiger partial charge is 0.245 e. The SMILES string of the molecule is C[C@H]1/C=C/C(=O)NCC[C@H](O)C[C@H](NC(=O)[C@@H](NC(=O)/C=C/C=C/CCCCCc2ccccc2)[C@@H](C)O)C(=O)N1. The quantitative estimate of drug-likeness (QED) is 0.128. The minimum absolute atomic E-state index is 0.110. The van der Waals surface area contributed by atoms with E-state index in [1.165, 1.54) is 30.7 Å². The molecular formula is C31H44N4O6. The van der Waals surface area contributed by atoms with Crippen molar-refractivity contribution < 1.29 is 29.4 Å². The van der Waals surface area contributed by atoms with Crippen LogP contribution >= 0.6 is 0 Å². The standard InChI is InChI=1S/C31H44N4O6/c1-22-17-18-27(38)32-20-19-25(37)21-26(30(40)33-22)34-31(41)29(23(2)36)35-28(39)16-12-7-5-3-4-6-9-13-24-14-10-8-11-15-24/h5,7-8,10-12,14-18,22-23,25-26,29,36-37H,3-4,6,9,13,19-21H2,1-2H3,(H,32,38)(H,33,40)(H,34,41)(H,35,39)/b7-5+,16-12+,18-17+/t22-,23+,25-,26-,29-/m0/s1. The Bertz CT molecular complexity index is 1070. The van der Waals surface area contributed by atoms with E-state index in [0.29, 0.717) is 0 Å². The van der Waals surface area contributed by atoms with Gasteiger partial charge in [0.15, 0.2) is 0 Å². The van der Waals surface area contributed by atoms with E-state index in [1.54, 1.807) is 19.1 Å². The number of carbonyl (C=O) groups excluding carboxylic acids is 4. The van der Waals surface area contributed by atoms with Crippen LogP contribution in [0.25, 0.3) is 0 Å². The summed E-state index contributed by atoms with van der Waals surface area (Å²) in [4.78, 5) is 50.0. The van der Waals surface area contributed by atoms with Crippen molar-refractivity contribution in [1.82, 2.24) is 21.3 Å². The Hall–Kier alpha value is -3.76. The number of unbranched alkanes of at least 4 members (excludes halogenated alkanes) is 3. The van der Waals surface area contributed by atoms with Crippen LogP contribution in [0.2, 0.25) is 0 Å². The van der Waals surface area contributed by atoms with E-state index in [9.17, 15) is 29.4 Å². The van der Waals surface area contributed by atoms with Gasteiger partial charge in [0.05, 0.1) is 12.2 Å². The van der Waals surface area contributed by atoms with Crippen LogP contribution in [0.3, 0.4) is 0 Å². The van der Waals surface area contributed by atoms with Gasteiger partial charge < -0.3 is 31.5 Å². The number of aliphatic hydroxyl groups is 2. The van der Waals surface area contributed by atoms with Crippen LogP contribution in [0.15, 0.2) is 66.8 Å². The Morgan fingerprint density at radius 2 is 1.88 bits per heavy atom. The summed E-state index contributed by atoms with van der Waals surface area (Å²) >= 11 is 0. The molecule has 0 aliphatic carbocycles. The highest BCUT2D eigenvalue weighted by Gasteiger charge is 2.31. The number of allylic oxidation sites excluding steroid dienone is 3. The molecule has 0 spiro atoms. The zero-order valence-corrected chi connectivity index (χ0v) is 23.9. The van der Waals surface area contributed by atoms with Gasteiger partial charge in [0.25, 0.3) is 0 Å². The average molecular weight is 569 g/mol. The molecule has 224 valence electrons. The Balaban J connectivity index is 1.84. The highest BCUT2D eigenvalue weighted by molar-refractivity contribution is 5.95. The summed E-state index contributed by atoms with van der Waals surface area (Å²) in [6, 6.07) is 7.42. The molecule has 0 fully saturated rings. The first kappa shape index (κ1) is 33.4. The molecule has 0 bridgehead atoms. The number of aryl methyl sites for hydroxylation is 1. The van der Waals surface area contributed by atoms with E-state index >= 15 is 0 Å². The Morgan fingerprint density at radius 1 is 1.12 bits per heavy atom. The Labute approximate surface area is 242 Å². The van der Waals surface area contributed by atoms with Crippen molar-refractivity contribution in [2.45, 2.75) is 89.1 Å². The third-order valence-corrected chi connectivity index (χ3v) is 6.56. The van der Waals surface area contributed by atoms with Crippen LogP contribution in [-0.2, 0) is 25.6 Å². The molecule has 0 radical (unpaired) electrons. The minimum atomic E-state index is -1.32. The van der Waals surface area contributed by atoms with Crippen LogP contribution < -0.4 is 21.3 Å². The monoisotopic (exact) mass is 568 g/mol. The third kappa shape index (κ3) is 13.9. The molecule has 41 heavy (non-hydrogen) atoms. The molecular weight excluding hydrogens is 524 g/mol. The topological polar surface area (TPSA) is 157 Å². The first-order valence-electron chi connectivity index (χ1n) is 14.3. The first-order chi connectivity index (χ1) is 19.7. The van der Waals surface area contributed by atoms with E-state index < -0.39 is 48.1 Å². The normalized spacial score (nSPS) is 22.6. The number of carbonyl (C=O) groups is 4. The molecule has 10 heteroatoms. The summed E-state index contributed by atoms with van der Waals surface area (Å²) in [6.45, 7) is 3.22. The zero-order valence-electron chi connectivity index (χ0n) is 23.9. The lowest BCUT2D eigenvalue weighted by Gasteiger charge is -2.26. The molecule has 1 aromatic carbocycles. The van der Waals surface area contributed by atoms with E-state index in [0.717, 1.165) is 32.1 Å². The Morgan fingerprint density at radius 3 is 2.61 bits per heavy atom. The second kappa shape index (κ2) is 18.6. The van der Waals surface area contributed by atoms with Crippen molar-refractivity contribution in [3.63, 3.8) is 0 Å². The van der Waals surface area contributed by atoms with Crippen LogP contribution in [0.4, 0.5) is 0 Å². The van der Waals surface area contributed by atoms with Crippen LogP contribution in [0.1, 0.15) is 57.9 Å².